The second-order valence-electron chi connectivity index (χ2n) is 2.02. The molecule has 0 spiro atoms. The fourth-order valence-electron chi connectivity index (χ4n) is 0.736. The Labute approximate surface area is 67.2 Å². The van der Waals surface area contributed by atoms with Crippen molar-refractivity contribution in [3.63, 3.8) is 0 Å². The van der Waals surface area contributed by atoms with Crippen LogP contribution >= 0.6 is 11.6 Å². The second kappa shape index (κ2) is 5.54. The van der Waals surface area contributed by atoms with Crippen LogP contribution in [0.3, 0.4) is 0 Å². The summed E-state index contributed by atoms with van der Waals surface area (Å²) in [5, 5.41) is -0.0556. The number of nitrogens with zero attached hydrogens (tertiary/aromatic N) is 1. The van der Waals surface area contributed by atoms with Gasteiger partial charge in [0.25, 0.3) is 0 Å². The lowest BCUT2D eigenvalue weighted by atomic mass is 10.2. The summed E-state index contributed by atoms with van der Waals surface area (Å²) in [6.07, 6.45) is 1.97. The summed E-state index contributed by atoms with van der Waals surface area (Å²) in [6.45, 7) is 2.08. The number of hydrogen-bond acceptors (Lipinski definition) is 2. The van der Waals surface area contributed by atoms with Crippen molar-refractivity contribution >= 4 is 17.5 Å². The van der Waals surface area contributed by atoms with Gasteiger partial charge < -0.3 is 4.74 Å². The van der Waals surface area contributed by atoms with Crippen LogP contribution in [-0.4, -0.2) is 25.4 Å². The van der Waals surface area contributed by atoms with E-state index in [4.69, 9.17) is 16.3 Å². The van der Waals surface area contributed by atoms with E-state index in [1.807, 2.05) is 0 Å². The van der Waals surface area contributed by atoms with E-state index in [-0.39, 0.29) is 5.38 Å². The molecule has 0 bridgehead atoms. The predicted molar refractivity (Wildman–Crippen MR) is 44.9 cm³/mol. The highest BCUT2D eigenvalue weighted by Gasteiger charge is 2.10. The Hall–Kier alpha value is -0.240. The Kier molecular flexibility index (Phi) is 5.40. The third-order valence-corrected chi connectivity index (χ3v) is 1.64. The summed E-state index contributed by atoms with van der Waals surface area (Å²) in [6, 6.07) is 0. The van der Waals surface area contributed by atoms with Gasteiger partial charge in [-0.3, -0.25) is 4.99 Å². The maximum Gasteiger partial charge on any atom is 0.201 e. The normalized spacial score (nSPS) is 15.0. The fraction of sp³-hybridized carbons (Fsp3) is 0.857. The smallest absolute Gasteiger partial charge is 0.201 e. The minimum absolute atomic E-state index is 0.0556. The molecule has 1 atom stereocenters. The highest BCUT2D eigenvalue weighted by Crippen LogP contribution is 2.07. The summed E-state index contributed by atoms with van der Waals surface area (Å²) in [5.74, 6) is 0.628. The van der Waals surface area contributed by atoms with Crippen LogP contribution < -0.4 is 0 Å². The molecule has 0 aromatic heterocycles. The van der Waals surface area contributed by atoms with Gasteiger partial charge in [0.2, 0.25) is 5.90 Å². The third-order valence-electron chi connectivity index (χ3n) is 1.24. The zero-order valence-corrected chi connectivity index (χ0v) is 7.48. The van der Waals surface area contributed by atoms with Crippen LogP contribution in [-0.2, 0) is 4.74 Å². The number of alkyl halides is 1. The number of rotatable bonds is 3. The second-order valence-corrected chi connectivity index (χ2v) is 2.55. The van der Waals surface area contributed by atoms with Gasteiger partial charge in [-0.15, -0.1) is 11.6 Å². The van der Waals surface area contributed by atoms with Gasteiger partial charge in [-0.1, -0.05) is 13.3 Å². The number of hydrogen-bond donors (Lipinski definition) is 0. The average molecular weight is 164 g/mol. The van der Waals surface area contributed by atoms with Crippen molar-refractivity contribution < 1.29 is 4.74 Å². The Morgan fingerprint density at radius 2 is 2.30 bits per heavy atom. The molecule has 10 heavy (non-hydrogen) atoms. The quantitative estimate of drug-likeness (QED) is 0.355. The first-order valence-corrected chi connectivity index (χ1v) is 3.84. The van der Waals surface area contributed by atoms with E-state index in [2.05, 4.69) is 11.9 Å². The van der Waals surface area contributed by atoms with Crippen molar-refractivity contribution in [1.29, 1.82) is 0 Å². The number of ether oxygens (including phenoxy) is 1. The lowest BCUT2D eigenvalue weighted by Crippen LogP contribution is -2.15. The van der Waals surface area contributed by atoms with Gasteiger partial charge in [0, 0.05) is 7.05 Å². The summed E-state index contributed by atoms with van der Waals surface area (Å²) in [7, 11) is 3.28. The topological polar surface area (TPSA) is 21.6 Å². The van der Waals surface area contributed by atoms with E-state index in [9.17, 15) is 0 Å². The molecule has 0 aromatic carbocycles. The van der Waals surface area contributed by atoms with Gasteiger partial charge in [-0.2, -0.15) is 0 Å². The first-order valence-electron chi connectivity index (χ1n) is 3.41. The lowest BCUT2D eigenvalue weighted by molar-refractivity contribution is 0.388. The molecule has 0 rings (SSSR count). The Morgan fingerprint density at radius 1 is 1.70 bits per heavy atom. The molecule has 1 unspecified atom stereocenters. The van der Waals surface area contributed by atoms with Gasteiger partial charge in [0.15, 0.2) is 0 Å². The van der Waals surface area contributed by atoms with E-state index < -0.39 is 0 Å². The van der Waals surface area contributed by atoms with Crippen LogP contribution in [0.25, 0.3) is 0 Å². The van der Waals surface area contributed by atoms with Crippen molar-refractivity contribution in [2.45, 2.75) is 25.1 Å². The molecule has 0 aliphatic heterocycles. The van der Waals surface area contributed by atoms with E-state index in [0.29, 0.717) is 5.90 Å². The highest BCUT2D eigenvalue weighted by molar-refractivity contribution is 6.30. The Bertz CT molecular complexity index is 114. The molecule has 0 amide bonds. The molecular weight excluding hydrogens is 150 g/mol. The number of methoxy groups -OCH3 is 1. The van der Waals surface area contributed by atoms with Gasteiger partial charge in [0.05, 0.1) is 7.11 Å². The van der Waals surface area contributed by atoms with Crippen molar-refractivity contribution in [3.05, 3.63) is 0 Å². The molecule has 0 saturated carbocycles. The first kappa shape index (κ1) is 9.76. The molecular formula is C7H14ClNO. The first-order chi connectivity index (χ1) is 4.76. The van der Waals surface area contributed by atoms with Crippen molar-refractivity contribution in [2.24, 2.45) is 4.99 Å². The van der Waals surface area contributed by atoms with Crippen LogP contribution in [0.5, 0.6) is 0 Å². The van der Waals surface area contributed by atoms with Crippen LogP contribution in [0.1, 0.15) is 19.8 Å². The predicted octanol–water partition coefficient (Wildman–Crippen LogP) is 2.07. The molecule has 0 aliphatic carbocycles. The Balaban J connectivity index is 3.77. The molecule has 2 nitrogen and oxygen atoms in total. The van der Waals surface area contributed by atoms with Crippen LogP contribution in [0, 0.1) is 0 Å². The molecule has 0 heterocycles. The van der Waals surface area contributed by atoms with E-state index in [1.54, 1.807) is 14.2 Å². The van der Waals surface area contributed by atoms with Crippen molar-refractivity contribution in [3.8, 4) is 0 Å². The maximum atomic E-state index is 5.89. The molecule has 0 aliphatic rings. The van der Waals surface area contributed by atoms with Crippen LogP contribution in [0.4, 0.5) is 0 Å². The standard InChI is InChI=1S/C7H14ClNO/c1-4-5-6(8)7(9-2)10-3/h6H,4-5H2,1-3H3. The fourth-order valence-corrected chi connectivity index (χ4v) is 1.14. The van der Waals surface area contributed by atoms with E-state index in [0.717, 1.165) is 12.8 Å². The molecule has 0 aromatic rings. The van der Waals surface area contributed by atoms with Crippen molar-refractivity contribution in [2.75, 3.05) is 14.2 Å². The third kappa shape index (κ3) is 3.06. The highest BCUT2D eigenvalue weighted by atomic mass is 35.5. The zero-order valence-electron chi connectivity index (χ0n) is 6.72. The monoisotopic (exact) mass is 163 g/mol. The van der Waals surface area contributed by atoms with Crippen LogP contribution in [0.2, 0.25) is 0 Å². The van der Waals surface area contributed by atoms with Gasteiger partial charge >= 0.3 is 0 Å². The SMILES string of the molecule is CCCC(Cl)C(=NC)OC. The molecule has 60 valence electrons. The van der Waals surface area contributed by atoms with E-state index in [1.165, 1.54) is 0 Å². The summed E-state index contributed by atoms with van der Waals surface area (Å²) in [4.78, 5) is 3.89. The molecule has 0 fully saturated rings. The van der Waals surface area contributed by atoms with Crippen molar-refractivity contribution in [1.82, 2.24) is 0 Å². The summed E-state index contributed by atoms with van der Waals surface area (Å²) >= 11 is 5.89. The zero-order chi connectivity index (χ0) is 7.98. The molecule has 0 radical (unpaired) electrons. The lowest BCUT2D eigenvalue weighted by Gasteiger charge is -2.08. The minimum Gasteiger partial charge on any atom is -0.483 e. The van der Waals surface area contributed by atoms with E-state index >= 15 is 0 Å². The van der Waals surface area contributed by atoms with Gasteiger partial charge in [-0.25, -0.2) is 0 Å². The minimum atomic E-state index is -0.0556. The van der Waals surface area contributed by atoms with Gasteiger partial charge in [-0.05, 0) is 6.42 Å². The summed E-state index contributed by atoms with van der Waals surface area (Å²) < 4.78 is 4.93. The number of aliphatic imine (C=N–C) groups is 1. The maximum absolute atomic E-state index is 5.89. The number of halogens is 1. The van der Waals surface area contributed by atoms with Crippen LogP contribution in [0.15, 0.2) is 4.99 Å². The molecule has 0 saturated heterocycles. The molecule has 0 N–H and O–H groups in total. The average Bonchev–Trinajstić information content (AvgIpc) is 1.91. The Morgan fingerprint density at radius 3 is 2.60 bits per heavy atom. The largest absolute Gasteiger partial charge is 0.483 e. The van der Waals surface area contributed by atoms with Gasteiger partial charge in [0.1, 0.15) is 5.38 Å². The molecule has 3 heteroatoms. The summed E-state index contributed by atoms with van der Waals surface area (Å²) in [5.41, 5.74) is 0.